The molecular formula is C40H49N11O5. The lowest BCUT2D eigenvalue weighted by Crippen LogP contribution is -2.58. The average Bonchev–Trinajstić information content (AvgIpc) is 3.18. The summed E-state index contributed by atoms with van der Waals surface area (Å²) in [5.41, 5.74) is 23.5. The fraction of sp³-hybridized carbons (Fsp3) is 0.325. The molecule has 0 bridgehead atoms. The second kappa shape index (κ2) is 19.6. The first-order chi connectivity index (χ1) is 27.0. The Balaban J connectivity index is 1.50. The van der Waals surface area contributed by atoms with E-state index in [2.05, 4.69) is 36.6 Å². The van der Waals surface area contributed by atoms with Crippen LogP contribution in [0.15, 0.2) is 94.9 Å². The zero-order valence-corrected chi connectivity index (χ0v) is 31.0. The van der Waals surface area contributed by atoms with Gasteiger partial charge < -0.3 is 49.5 Å². The summed E-state index contributed by atoms with van der Waals surface area (Å²) in [4.78, 5) is 77.4. The summed E-state index contributed by atoms with van der Waals surface area (Å²) in [6, 6.07) is 22.1. The van der Waals surface area contributed by atoms with Crippen molar-refractivity contribution >= 4 is 63.0 Å². The number of amides is 5. The van der Waals surface area contributed by atoms with Crippen molar-refractivity contribution in [2.24, 2.45) is 32.9 Å². The van der Waals surface area contributed by atoms with Gasteiger partial charge in [-0.1, -0.05) is 84.9 Å². The first-order valence-corrected chi connectivity index (χ1v) is 18.5. The maximum atomic E-state index is 14.3. The highest BCUT2D eigenvalue weighted by molar-refractivity contribution is 5.98. The van der Waals surface area contributed by atoms with Gasteiger partial charge in [0.15, 0.2) is 11.9 Å². The van der Waals surface area contributed by atoms with Gasteiger partial charge in [-0.2, -0.15) is 0 Å². The lowest BCUT2D eigenvalue weighted by molar-refractivity contribution is -0.134. The van der Waals surface area contributed by atoms with Crippen LogP contribution in [-0.2, 0) is 36.8 Å². The van der Waals surface area contributed by atoms with Gasteiger partial charge >= 0.3 is 0 Å². The third kappa shape index (κ3) is 11.6. The van der Waals surface area contributed by atoms with Crippen LogP contribution in [0.1, 0.15) is 36.8 Å². The molecule has 1 aliphatic heterocycles. The van der Waals surface area contributed by atoms with E-state index in [1.807, 2.05) is 84.9 Å². The van der Waals surface area contributed by atoms with Gasteiger partial charge in [0.25, 0.3) is 0 Å². The molecule has 56 heavy (non-hydrogen) atoms. The zero-order chi connectivity index (χ0) is 40.0. The number of hydrogen-bond acceptors (Lipinski definition) is 7. The van der Waals surface area contributed by atoms with Crippen LogP contribution in [-0.4, -0.2) is 85.3 Å². The molecule has 0 unspecified atom stereocenters. The van der Waals surface area contributed by atoms with Crippen molar-refractivity contribution < 1.29 is 24.0 Å². The lowest BCUT2D eigenvalue weighted by atomic mass is 9.97. The monoisotopic (exact) mass is 763 g/mol. The van der Waals surface area contributed by atoms with Crippen molar-refractivity contribution in [3.63, 3.8) is 0 Å². The molecule has 0 aromatic heterocycles. The van der Waals surface area contributed by atoms with E-state index in [1.54, 1.807) is 0 Å². The first kappa shape index (κ1) is 40.5. The number of aliphatic imine (C=N–C) groups is 2. The fourth-order valence-electron chi connectivity index (χ4n) is 6.61. The molecule has 5 rings (SSSR count). The summed E-state index contributed by atoms with van der Waals surface area (Å²) in [7, 11) is 0. The number of nitrogens with two attached hydrogens (primary N) is 4. The Morgan fingerprint density at radius 3 is 1.75 bits per heavy atom. The molecule has 13 N–H and O–H groups in total. The van der Waals surface area contributed by atoms with Crippen molar-refractivity contribution in [1.29, 1.82) is 0 Å². The molecule has 4 aromatic carbocycles. The molecule has 16 heteroatoms. The Hall–Kier alpha value is -6.71. The SMILES string of the molecule is NC(N)=NCCC[C@@H]1NC(=O)[C@@H](Cc2cccc3ccccc23)NC(=O)[C@@H](CCCN=C(N)N)NC(=O)CNC(=O)[C@H](Cc2ccc3ccccc3c2)NC1=O. The van der Waals surface area contributed by atoms with Crippen LogP contribution in [0.25, 0.3) is 21.5 Å². The Labute approximate surface area is 324 Å². The van der Waals surface area contributed by atoms with E-state index in [-0.39, 0.29) is 50.7 Å². The van der Waals surface area contributed by atoms with E-state index < -0.39 is 60.2 Å². The molecule has 0 aliphatic carbocycles. The molecule has 4 atom stereocenters. The molecular weight excluding hydrogens is 715 g/mol. The molecule has 4 aromatic rings. The molecule has 0 spiro atoms. The molecule has 1 aliphatic rings. The number of guanidine groups is 2. The predicted octanol–water partition coefficient (Wildman–Crippen LogP) is -0.0456. The first-order valence-electron chi connectivity index (χ1n) is 18.5. The van der Waals surface area contributed by atoms with Crippen LogP contribution in [0.3, 0.4) is 0 Å². The molecule has 5 amide bonds. The Morgan fingerprint density at radius 1 is 0.554 bits per heavy atom. The smallest absolute Gasteiger partial charge is 0.243 e. The van der Waals surface area contributed by atoms with Gasteiger partial charge in [-0.25, -0.2) is 0 Å². The van der Waals surface area contributed by atoms with Crippen LogP contribution >= 0.6 is 0 Å². The standard InChI is InChI=1S/C40H49N11O5/c41-39(42)45-18-6-14-30-36(54)51-33(22-28-12-5-11-26-9-3-4-13-29(26)28)38(56)49-31(15-7-19-46-40(43)44)37(55)50-32(35(53)47-23-34(52)48-30)21-24-16-17-25-8-1-2-10-27(25)20-24/h1-5,8-13,16-17,20,30-33H,6-7,14-15,18-19,21-23H2,(H,47,53)(H,48,52)(H,49,56)(H,50,55)(H,51,54)(H4,41,42,45)(H4,43,44,46)/t30-,31+,32+,33-/m1/s1. The maximum absolute atomic E-state index is 14.3. The lowest BCUT2D eigenvalue weighted by Gasteiger charge is -2.26. The summed E-state index contributed by atoms with van der Waals surface area (Å²) in [5, 5.41) is 17.5. The fourth-order valence-corrected chi connectivity index (χ4v) is 6.61. The number of benzene rings is 4. The summed E-state index contributed by atoms with van der Waals surface area (Å²) >= 11 is 0. The van der Waals surface area contributed by atoms with Gasteiger partial charge in [0.05, 0.1) is 6.54 Å². The quantitative estimate of drug-likeness (QED) is 0.0531. The molecule has 0 radical (unpaired) electrons. The number of nitrogens with zero attached hydrogens (tertiary/aromatic N) is 2. The number of hydrogen-bond donors (Lipinski definition) is 9. The van der Waals surface area contributed by atoms with Gasteiger partial charge in [-0.05, 0) is 58.4 Å². The normalized spacial score (nSPS) is 19.7. The predicted molar refractivity (Wildman–Crippen MR) is 216 cm³/mol. The third-order valence-electron chi connectivity index (χ3n) is 9.42. The van der Waals surface area contributed by atoms with Crippen LogP contribution in [0.4, 0.5) is 0 Å². The van der Waals surface area contributed by atoms with Crippen LogP contribution in [0.5, 0.6) is 0 Å². The number of carbonyl (C=O) groups excluding carboxylic acids is 5. The number of nitrogens with one attached hydrogen (secondary N) is 5. The van der Waals surface area contributed by atoms with Gasteiger partial charge in [-0.15, -0.1) is 0 Å². The van der Waals surface area contributed by atoms with E-state index in [0.717, 1.165) is 32.7 Å². The summed E-state index contributed by atoms with van der Waals surface area (Å²) in [6.07, 6.45) is 0.960. The second-order valence-electron chi connectivity index (χ2n) is 13.6. The van der Waals surface area contributed by atoms with Crippen molar-refractivity contribution in [3.8, 4) is 0 Å². The highest BCUT2D eigenvalue weighted by atomic mass is 16.2. The van der Waals surface area contributed by atoms with Gasteiger partial charge in [0.2, 0.25) is 29.5 Å². The van der Waals surface area contributed by atoms with Crippen molar-refractivity contribution in [1.82, 2.24) is 26.6 Å². The molecule has 1 heterocycles. The van der Waals surface area contributed by atoms with Gasteiger partial charge in [-0.3, -0.25) is 34.0 Å². The summed E-state index contributed by atoms with van der Waals surface area (Å²) in [5.74, 6) is -3.47. The Morgan fingerprint density at radius 2 is 1.09 bits per heavy atom. The summed E-state index contributed by atoms with van der Waals surface area (Å²) < 4.78 is 0. The van der Waals surface area contributed by atoms with Crippen LogP contribution in [0, 0.1) is 0 Å². The number of rotatable bonds is 12. The molecule has 0 saturated carbocycles. The minimum Gasteiger partial charge on any atom is -0.370 e. The van der Waals surface area contributed by atoms with Crippen LogP contribution in [0.2, 0.25) is 0 Å². The van der Waals surface area contributed by atoms with E-state index in [0.29, 0.717) is 12.8 Å². The molecule has 16 nitrogen and oxygen atoms in total. The maximum Gasteiger partial charge on any atom is 0.243 e. The summed E-state index contributed by atoms with van der Waals surface area (Å²) in [6.45, 7) is -0.127. The number of carbonyl (C=O) groups is 5. The van der Waals surface area contributed by atoms with Crippen molar-refractivity contribution in [2.45, 2.75) is 62.7 Å². The minimum absolute atomic E-state index is 0.0561. The average molecular weight is 764 g/mol. The molecule has 1 saturated heterocycles. The largest absolute Gasteiger partial charge is 0.370 e. The van der Waals surface area contributed by atoms with E-state index >= 15 is 0 Å². The zero-order valence-electron chi connectivity index (χ0n) is 31.0. The van der Waals surface area contributed by atoms with E-state index in [1.165, 1.54) is 0 Å². The highest BCUT2D eigenvalue weighted by Crippen LogP contribution is 2.21. The third-order valence-corrected chi connectivity index (χ3v) is 9.42. The minimum atomic E-state index is -1.18. The Kier molecular flexibility index (Phi) is 14.1. The van der Waals surface area contributed by atoms with Crippen molar-refractivity contribution in [2.75, 3.05) is 19.6 Å². The second-order valence-corrected chi connectivity index (χ2v) is 13.6. The molecule has 294 valence electrons. The van der Waals surface area contributed by atoms with E-state index in [9.17, 15) is 24.0 Å². The Bertz CT molecular complexity index is 2110. The highest BCUT2D eigenvalue weighted by Gasteiger charge is 2.32. The van der Waals surface area contributed by atoms with Gasteiger partial charge in [0.1, 0.15) is 24.2 Å². The van der Waals surface area contributed by atoms with Crippen LogP contribution < -0.4 is 49.5 Å². The topological polar surface area (TPSA) is 274 Å². The van der Waals surface area contributed by atoms with Crippen molar-refractivity contribution in [3.05, 3.63) is 96.1 Å². The van der Waals surface area contributed by atoms with E-state index in [4.69, 9.17) is 22.9 Å². The number of fused-ring (bicyclic) bond motifs is 2. The molecule has 1 fully saturated rings. The van der Waals surface area contributed by atoms with Gasteiger partial charge in [0, 0.05) is 25.9 Å².